The second kappa shape index (κ2) is 11.7. The van der Waals surface area contributed by atoms with Gasteiger partial charge in [0.2, 0.25) is 0 Å². The molecule has 144 valence electrons. The first kappa shape index (κ1) is 23.2. The quantitative estimate of drug-likeness (QED) is 0.174. The van der Waals surface area contributed by atoms with E-state index in [1.54, 1.807) is 5.09 Å². The highest BCUT2D eigenvalue weighted by molar-refractivity contribution is 7.49. The zero-order valence-electron chi connectivity index (χ0n) is 13.4. The van der Waals surface area contributed by atoms with Gasteiger partial charge in [0.15, 0.2) is 0 Å². The van der Waals surface area contributed by atoms with Crippen molar-refractivity contribution in [3.63, 3.8) is 0 Å². The Labute approximate surface area is 143 Å². The third kappa shape index (κ3) is 12.2. The summed E-state index contributed by atoms with van der Waals surface area (Å²) < 4.78 is 10.6. The van der Waals surface area contributed by atoms with Crippen molar-refractivity contribution in [2.75, 3.05) is 6.54 Å². The molecule has 0 bridgehead atoms. The summed E-state index contributed by atoms with van der Waals surface area (Å²) in [4.78, 5) is 44.3. The molecule has 0 spiro atoms. The number of nitrogens with zero attached hydrogens (tertiary/aromatic N) is 1. The molecule has 13 heteroatoms. The molecule has 0 aliphatic rings. The Morgan fingerprint density at radius 3 is 2.32 bits per heavy atom. The lowest BCUT2D eigenvalue weighted by molar-refractivity contribution is -0.139. The Morgan fingerprint density at radius 2 is 1.92 bits per heavy atom. The SMILES string of the molecule is NCCCC[C@H](N)C(=O)O.O=C(O)[C@H](Cc1c[nH]cn1)NP(=O)(O)O. The normalized spacial score (nSPS) is 13.4. The molecule has 1 aromatic rings. The van der Waals surface area contributed by atoms with E-state index in [1.165, 1.54) is 12.5 Å². The molecule has 0 aromatic carbocycles. The average molecular weight is 381 g/mol. The largest absolute Gasteiger partial charge is 0.480 e. The summed E-state index contributed by atoms with van der Waals surface area (Å²) in [6.07, 6.45) is 4.87. The van der Waals surface area contributed by atoms with Crippen molar-refractivity contribution in [2.24, 2.45) is 11.5 Å². The fourth-order valence-corrected chi connectivity index (χ4v) is 2.24. The zero-order valence-corrected chi connectivity index (χ0v) is 14.3. The topological polar surface area (TPSA) is 225 Å². The summed E-state index contributed by atoms with van der Waals surface area (Å²) in [6, 6.07) is -2.08. The van der Waals surface area contributed by atoms with E-state index in [1.807, 2.05) is 0 Å². The lowest BCUT2D eigenvalue weighted by atomic mass is 10.1. The van der Waals surface area contributed by atoms with Crippen LogP contribution >= 0.6 is 7.75 Å². The molecule has 0 radical (unpaired) electrons. The highest BCUT2D eigenvalue weighted by atomic mass is 31.2. The number of H-pyrrole nitrogens is 1. The molecule has 10 N–H and O–H groups in total. The number of unbranched alkanes of at least 4 members (excludes halogenated alkanes) is 1. The smallest absolute Gasteiger partial charge is 0.401 e. The summed E-state index contributed by atoms with van der Waals surface area (Å²) in [5, 5.41) is 18.7. The number of carboxylic acids is 2. The van der Waals surface area contributed by atoms with Crippen LogP contribution in [0.1, 0.15) is 25.0 Å². The van der Waals surface area contributed by atoms with E-state index in [2.05, 4.69) is 9.97 Å². The fraction of sp³-hybridized carbons (Fsp3) is 0.583. The summed E-state index contributed by atoms with van der Waals surface area (Å²) in [6.45, 7) is 0.604. The van der Waals surface area contributed by atoms with E-state index >= 15 is 0 Å². The molecule has 0 amide bonds. The number of aromatic nitrogens is 2. The predicted octanol–water partition coefficient (Wildman–Crippen LogP) is -1.38. The van der Waals surface area contributed by atoms with Crippen molar-refractivity contribution in [2.45, 2.75) is 37.8 Å². The highest BCUT2D eigenvalue weighted by Crippen LogP contribution is 2.29. The second-order valence-electron chi connectivity index (χ2n) is 5.06. The maximum absolute atomic E-state index is 10.7. The van der Waals surface area contributed by atoms with Gasteiger partial charge in [-0.1, -0.05) is 6.42 Å². The lowest BCUT2D eigenvalue weighted by Gasteiger charge is -2.13. The first-order valence-electron chi connectivity index (χ1n) is 7.29. The molecule has 0 aliphatic carbocycles. The summed E-state index contributed by atoms with van der Waals surface area (Å²) in [5.41, 5.74) is 10.8. The van der Waals surface area contributed by atoms with Crippen LogP contribution < -0.4 is 16.6 Å². The van der Waals surface area contributed by atoms with Gasteiger partial charge in [-0.25, -0.2) is 14.6 Å². The van der Waals surface area contributed by atoms with Crippen molar-refractivity contribution in [3.8, 4) is 0 Å². The Hall–Kier alpha value is -1.82. The van der Waals surface area contributed by atoms with Crippen LogP contribution in [-0.4, -0.2) is 60.5 Å². The van der Waals surface area contributed by atoms with Crippen molar-refractivity contribution in [1.29, 1.82) is 0 Å². The van der Waals surface area contributed by atoms with Crippen LogP contribution in [0.15, 0.2) is 12.5 Å². The molecular formula is C12H24N5O7P. The van der Waals surface area contributed by atoms with E-state index in [4.69, 9.17) is 31.5 Å². The molecule has 0 saturated heterocycles. The van der Waals surface area contributed by atoms with Crippen LogP contribution in [0, 0.1) is 0 Å². The van der Waals surface area contributed by atoms with E-state index in [9.17, 15) is 14.2 Å². The number of aromatic amines is 1. The molecule has 1 heterocycles. The van der Waals surface area contributed by atoms with E-state index in [0.29, 0.717) is 18.7 Å². The third-order valence-corrected chi connectivity index (χ3v) is 3.52. The molecule has 1 aromatic heterocycles. The Morgan fingerprint density at radius 1 is 1.28 bits per heavy atom. The van der Waals surface area contributed by atoms with E-state index in [-0.39, 0.29) is 6.42 Å². The molecule has 25 heavy (non-hydrogen) atoms. The number of imidazole rings is 1. The molecule has 12 nitrogen and oxygen atoms in total. The van der Waals surface area contributed by atoms with Gasteiger partial charge < -0.3 is 36.5 Å². The highest BCUT2D eigenvalue weighted by Gasteiger charge is 2.26. The number of hydrogen-bond donors (Lipinski definition) is 8. The second-order valence-corrected chi connectivity index (χ2v) is 6.40. The number of carboxylic acid groups (broad SMARTS) is 2. The summed E-state index contributed by atoms with van der Waals surface area (Å²) in [7, 11) is -4.56. The van der Waals surface area contributed by atoms with Crippen LogP contribution in [0.3, 0.4) is 0 Å². The molecule has 0 fully saturated rings. The van der Waals surface area contributed by atoms with Gasteiger partial charge >= 0.3 is 19.7 Å². The predicted molar refractivity (Wildman–Crippen MR) is 87.4 cm³/mol. The zero-order chi connectivity index (χ0) is 19.5. The van der Waals surface area contributed by atoms with Crippen molar-refractivity contribution in [3.05, 3.63) is 18.2 Å². The Kier molecular flexibility index (Phi) is 10.8. The monoisotopic (exact) mass is 381 g/mol. The molecule has 0 unspecified atom stereocenters. The Balaban J connectivity index is 0.000000504. The van der Waals surface area contributed by atoms with Gasteiger partial charge in [0.25, 0.3) is 0 Å². The first-order valence-corrected chi connectivity index (χ1v) is 8.90. The van der Waals surface area contributed by atoms with Gasteiger partial charge in [0, 0.05) is 12.6 Å². The molecule has 0 aliphatic heterocycles. The van der Waals surface area contributed by atoms with Crippen LogP contribution in [-0.2, 0) is 20.6 Å². The van der Waals surface area contributed by atoms with Gasteiger partial charge in [0.05, 0.1) is 12.0 Å². The molecular weight excluding hydrogens is 357 g/mol. The van der Waals surface area contributed by atoms with Crippen molar-refractivity contribution in [1.82, 2.24) is 15.1 Å². The third-order valence-electron chi connectivity index (χ3n) is 2.88. The number of rotatable bonds is 10. The van der Waals surface area contributed by atoms with Gasteiger partial charge in [-0.3, -0.25) is 9.59 Å². The van der Waals surface area contributed by atoms with Crippen LogP contribution in [0.4, 0.5) is 0 Å². The molecule has 1 rings (SSSR count). The maximum Gasteiger partial charge on any atom is 0.401 e. The number of nitrogens with one attached hydrogen (secondary N) is 2. The van der Waals surface area contributed by atoms with Crippen molar-refractivity contribution >= 4 is 19.7 Å². The summed E-state index contributed by atoms with van der Waals surface area (Å²) >= 11 is 0. The minimum atomic E-state index is -4.56. The van der Waals surface area contributed by atoms with Gasteiger partial charge in [-0.15, -0.1) is 0 Å². The van der Waals surface area contributed by atoms with Gasteiger partial charge in [-0.2, -0.15) is 0 Å². The number of hydrogen-bond acceptors (Lipinski definition) is 6. The van der Waals surface area contributed by atoms with E-state index in [0.717, 1.165) is 12.8 Å². The number of nitrogens with two attached hydrogens (primary N) is 2. The molecule has 0 saturated carbocycles. The minimum absolute atomic E-state index is 0.107. The Bertz CT molecular complexity index is 562. The first-order chi connectivity index (χ1) is 11.6. The standard InChI is InChI=1S/C6H10N3O5P.C6H14N2O2/c10-6(11)5(9-15(12,13)14)1-4-2-7-3-8-4;7-4-2-1-3-5(8)6(9)10/h2-3,5H,1H2,(H,7,8)(H,10,11)(H3,9,12,13,14);5H,1-4,7-8H2,(H,9,10)/t2*5-/m00/s1. The van der Waals surface area contributed by atoms with Crippen LogP contribution in [0.25, 0.3) is 0 Å². The van der Waals surface area contributed by atoms with Crippen LogP contribution in [0.5, 0.6) is 0 Å². The van der Waals surface area contributed by atoms with Crippen molar-refractivity contribution < 1.29 is 34.2 Å². The van der Waals surface area contributed by atoms with Crippen LogP contribution in [0.2, 0.25) is 0 Å². The van der Waals surface area contributed by atoms with E-state index < -0.39 is 31.8 Å². The van der Waals surface area contributed by atoms with Gasteiger partial charge in [-0.05, 0) is 19.4 Å². The fourth-order valence-electron chi connectivity index (χ4n) is 1.63. The number of aliphatic carboxylic acids is 2. The maximum atomic E-state index is 10.7. The molecule has 2 atom stereocenters. The average Bonchev–Trinajstić information content (AvgIpc) is 2.99. The lowest BCUT2D eigenvalue weighted by Crippen LogP contribution is -2.36. The number of carbonyl (C=O) groups is 2. The van der Waals surface area contributed by atoms with Gasteiger partial charge in [0.1, 0.15) is 12.1 Å². The summed E-state index contributed by atoms with van der Waals surface area (Å²) in [5.74, 6) is -2.28. The minimum Gasteiger partial charge on any atom is -0.480 e.